The molecule has 1 aliphatic rings. The molecule has 0 aromatic heterocycles. The van der Waals surface area contributed by atoms with Crippen LogP contribution in [0, 0.1) is 5.92 Å². The van der Waals surface area contributed by atoms with E-state index < -0.39 is 11.7 Å². The predicted octanol–water partition coefficient (Wildman–Crippen LogP) is 3.19. The topological polar surface area (TPSA) is 26.0 Å². The van der Waals surface area contributed by atoms with Crippen LogP contribution in [0.4, 0.5) is 13.2 Å². The lowest BCUT2D eigenvalue weighted by molar-refractivity contribution is -0.137. The second-order valence-electron chi connectivity index (χ2n) is 3.96. The molecular formula is C11H13ClF3N. The highest BCUT2D eigenvalue weighted by Crippen LogP contribution is 2.46. The maximum atomic E-state index is 12.3. The van der Waals surface area contributed by atoms with E-state index in [0.717, 1.165) is 24.1 Å². The summed E-state index contributed by atoms with van der Waals surface area (Å²) in [6, 6.07) is 5.40. The minimum absolute atomic E-state index is 0. The third-order valence-electron chi connectivity index (χ3n) is 2.89. The van der Waals surface area contributed by atoms with Crippen molar-refractivity contribution in [1.29, 1.82) is 0 Å². The smallest absolute Gasteiger partial charge is 0.330 e. The zero-order chi connectivity index (χ0) is 11.1. The van der Waals surface area contributed by atoms with Crippen molar-refractivity contribution in [3.8, 4) is 0 Å². The van der Waals surface area contributed by atoms with Gasteiger partial charge in [0, 0.05) is 0 Å². The molecule has 2 N–H and O–H groups in total. The molecule has 0 spiro atoms. The van der Waals surface area contributed by atoms with Crippen LogP contribution in [0.3, 0.4) is 0 Å². The van der Waals surface area contributed by atoms with Crippen molar-refractivity contribution in [1.82, 2.24) is 0 Å². The molecule has 2 rings (SSSR count). The molecule has 90 valence electrons. The average Bonchev–Trinajstić information content (AvgIpc) is 2.95. The van der Waals surface area contributed by atoms with Crippen molar-refractivity contribution < 1.29 is 13.2 Å². The second-order valence-corrected chi connectivity index (χ2v) is 3.96. The summed E-state index contributed by atoms with van der Waals surface area (Å²) < 4.78 is 36.8. The first-order valence-corrected chi connectivity index (χ1v) is 4.89. The standard InChI is InChI=1S/C11H12F3N.ClH/c12-11(13,14)9-3-1-7(2-4-9)10-5-8(10)6-15;/h1-4,8,10H,5-6,15H2;1H/t8-,10-;/m1./s1. The Bertz CT molecular complexity index is 347. The minimum atomic E-state index is -4.24. The number of alkyl halides is 3. The SMILES string of the molecule is Cl.NC[C@H]1C[C@@H]1c1ccc(C(F)(F)F)cc1. The highest BCUT2D eigenvalue weighted by molar-refractivity contribution is 5.85. The van der Waals surface area contributed by atoms with Gasteiger partial charge in [-0.2, -0.15) is 13.2 Å². The fraction of sp³-hybridized carbons (Fsp3) is 0.455. The van der Waals surface area contributed by atoms with Gasteiger partial charge in [-0.05, 0) is 42.5 Å². The third kappa shape index (κ3) is 2.68. The zero-order valence-corrected chi connectivity index (χ0v) is 9.31. The van der Waals surface area contributed by atoms with Crippen LogP contribution in [-0.4, -0.2) is 6.54 Å². The summed E-state index contributed by atoms with van der Waals surface area (Å²) in [6.45, 7) is 0.617. The van der Waals surface area contributed by atoms with Crippen molar-refractivity contribution in [2.24, 2.45) is 11.7 Å². The quantitative estimate of drug-likeness (QED) is 0.858. The highest BCUT2D eigenvalue weighted by atomic mass is 35.5. The van der Waals surface area contributed by atoms with Crippen LogP contribution >= 0.6 is 12.4 Å². The second kappa shape index (κ2) is 4.63. The molecule has 5 heteroatoms. The first-order chi connectivity index (χ1) is 7.02. The van der Waals surface area contributed by atoms with Gasteiger partial charge in [-0.1, -0.05) is 12.1 Å². The Morgan fingerprint density at radius 1 is 1.19 bits per heavy atom. The van der Waals surface area contributed by atoms with Crippen LogP contribution in [0.25, 0.3) is 0 Å². The number of hydrogen-bond donors (Lipinski definition) is 1. The zero-order valence-electron chi connectivity index (χ0n) is 8.50. The molecule has 0 aliphatic heterocycles. The van der Waals surface area contributed by atoms with E-state index in [9.17, 15) is 13.2 Å². The van der Waals surface area contributed by atoms with E-state index in [1.807, 2.05) is 0 Å². The van der Waals surface area contributed by atoms with Gasteiger partial charge in [-0.25, -0.2) is 0 Å². The van der Waals surface area contributed by atoms with Gasteiger partial charge in [0.1, 0.15) is 0 Å². The van der Waals surface area contributed by atoms with Crippen LogP contribution in [0.15, 0.2) is 24.3 Å². The van der Waals surface area contributed by atoms with E-state index in [4.69, 9.17) is 5.73 Å². The molecule has 0 heterocycles. The van der Waals surface area contributed by atoms with Crippen molar-refractivity contribution >= 4 is 12.4 Å². The number of hydrogen-bond acceptors (Lipinski definition) is 1. The molecule has 0 amide bonds. The fourth-order valence-corrected chi connectivity index (χ4v) is 1.84. The molecule has 1 saturated carbocycles. The van der Waals surface area contributed by atoms with E-state index in [1.54, 1.807) is 12.1 Å². The fourth-order valence-electron chi connectivity index (χ4n) is 1.84. The van der Waals surface area contributed by atoms with E-state index in [1.165, 1.54) is 0 Å². The summed E-state index contributed by atoms with van der Waals surface area (Å²) in [7, 11) is 0. The van der Waals surface area contributed by atoms with Gasteiger partial charge in [0.05, 0.1) is 5.56 Å². The number of nitrogens with two attached hydrogens (primary N) is 1. The average molecular weight is 252 g/mol. The largest absolute Gasteiger partial charge is 0.416 e. The first kappa shape index (κ1) is 13.3. The molecule has 0 bridgehead atoms. The lowest BCUT2D eigenvalue weighted by Crippen LogP contribution is -2.05. The molecule has 1 aromatic rings. The van der Waals surface area contributed by atoms with Gasteiger partial charge in [0.2, 0.25) is 0 Å². The van der Waals surface area contributed by atoms with Crippen LogP contribution in [-0.2, 0) is 6.18 Å². The summed E-state index contributed by atoms with van der Waals surface area (Å²) in [5, 5.41) is 0. The van der Waals surface area contributed by atoms with E-state index >= 15 is 0 Å². The molecule has 0 saturated heterocycles. The van der Waals surface area contributed by atoms with Gasteiger partial charge >= 0.3 is 6.18 Å². The Balaban J connectivity index is 0.00000128. The molecule has 1 nitrogen and oxygen atoms in total. The number of rotatable bonds is 2. The normalized spacial score (nSPS) is 23.8. The lowest BCUT2D eigenvalue weighted by Gasteiger charge is -2.07. The molecule has 0 radical (unpaired) electrons. The van der Waals surface area contributed by atoms with E-state index in [0.29, 0.717) is 18.4 Å². The van der Waals surface area contributed by atoms with Crippen molar-refractivity contribution in [3.63, 3.8) is 0 Å². The van der Waals surface area contributed by atoms with Crippen LogP contribution in [0.1, 0.15) is 23.5 Å². The van der Waals surface area contributed by atoms with E-state index in [2.05, 4.69) is 0 Å². The van der Waals surface area contributed by atoms with E-state index in [-0.39, 0.29) is 12.4 Å². The summed E-state index contributed by atoms with van der Waals surface area (Å²) in [5.74, 6) is 0.832. The Morgan fingerprint density at radius 3 is 2.12 bits per heavy atom. The van der Waals surface area contributed by atoms with Gasteiger partial charge < -0.3 is 5.73 Å². The molecular weight excluding hydrogens is 239 g/mol. The Labute approximate surface area is 98.2 Å². The predicted molar refractivity (Wildman–Crippen MR) is 58.6 cm³/mol. The van der Waals surface area contributed by atoms with Gasteiger partial charge in [0.25, 0.3) is 0 Å². The number of benzene rings is 1. The molecule has 16 heavy (non-hydrogen) atoms. The van der Waals surface area contributed by atoms with Gasteiger partial charge in [-0.15, -0.1) is 12.4 Å². The maximum Gasteiger partial charge on any atom is 0.416 e. The Hall–Kier alpha value is -0.740. The minimum Gasteiger partial charge on any atom is -0.330 e. The first-order valence-electron chi connectivity index (χ1n) is 4.89. The summed E-state index contributed by atoms with van der Waals surface area (Å²) in [4.78, 5) is 0. The van der Waals surface area contributed by atoms with Crippen molar-refractivity contribution in [2.45, 2.75) is 18.5 Å². The summed E-state index contributed by atoms with van der Waals surface area (Å²) in [5.41, 5.74) is 5.86. The monoisotopic (exact) mass is 251 g/mol. The molecule has 1 aliphatic carbocycles. The Morgan fingerprint density at radius 2 is 1.75 bits per heavy atom. The summed E-state index contributed by atoms with van der Waals surface area (Å²) in [6.07, 6.45) is -3.24. The van der Waals surface area contributed by atoms with Gasteiger partial charge in [-0.3, -0.25) is 0 Å². The van der Waals surface area contributed by atoms with Crippen LogP contribution in [0.5, 0.6) is 0 Å². The lowest BCUT2D eigenvalue weighted by atomic mass is 10.1. The Kier molecular flexibility index (Phi) is 3.86. The molecule has 1 aromatic carbocycles. The van der Waals surface area contributed by atoms with Crippen molar-refractivity contribution in [3.05, 3.63) is 35.4 Å². The van der Waals surface area contributed by atoms with Crippen molar-refractivity contribution in [2.75, 3.05) is 6.54 Å². The third-order valence-corrected chi connectivity index (χ3v) is 2.89. The molecule has 2 atom stereocenters. The summed E-state index contributed by atoms with van der Waals surface area (Å²) >= 11 is 0. The number of halogens is 4. The maximum absolute atomic E-state index is 12.3. The molecule has 1 fully saturated rings. The van der Waals surface area contributed by atoms with Crippen LogP contribution < -0.4 is 5.73 Å². The highest BCUT2D eigenvalue weighted by Gasteiger charge is 2.37. The molecule has 0 unspecified atom stereocenters. The van der Waals surface area contributed by atoms with Crippen LogP contribution in [0.2, 0.25) is 0 Å². The van der Waals surface area contributed by atoms with Gasteiger partial charge in [0.15, 0.2) is 0 Å².